The number of aldehydes is 1. The first-order chi connectivity index (χ1) is 19.2. The fourth-order valence-corrected chi connectivity index (χ4v) is 6.89. The summed E-state index contributed by atoms with van der Waals surface area (Å²) in [5.41, 5.74) is 2.05. The van der Waals surface area contributed by atoms with Crippen molar-refractivity contribution in [2.45, 2.75) is 137 Å². The molecule has 238 valence electrons. The minimum absolute atomic E-state index is 0.00649. The Hall–Kier alpha value is -1.42. The third kappa shape index (κ3) is 12.3. The number of aromatic nitrogens is 1. The molecular weight excluding hydrogens is 630 g/mol. The van der Waals surface area contributed by atoms with E-state index in [-0.39, 0.29) is 34.0 Å². The molecule has 1 heterocycles. The largest absolute Gasteiger partial charge is 0.457 e. The quantitative estimate of drug-likeness (QED) is 0.0535. The third-order valence-corrected chi connectivity index (χ3v) is 14.0. The van der Waals surface area contributed by atoms with Crippen LogP contribution < -0.4 is 0 Å². The number of carbonyl (C=O) groups is 3. The fraction of sp³-hybridized carbons (Fsp3) is 0.697. The summed E-state index contributed by atoms with van der Waals surface area (Å²) in [5, 5.41) is 2.88. The summed E-state index contributed by atoms with van der Waals surface area (Å²) in [5.74, 6) is -0.337. The van der Waals surface area contributed by atoms with Gasteiger partial charge in [-0.2, -0.15) is 0 Å². The molecule has 1 aromatic heterocycles. The summed E-state index contributed by atoms with van der Waals surface area (Å²) in [6, 6.07) is 0. The molecule has 1 aromatic rings. The van der Waals surface area contributed by atoms with Crippen LogP contribution in [0.25, 0.3) is 6.08 Å². The Morgan fingerprint density at radius 2 is 1.76 bits per heavy atom. The van der Waals surface area contributed by atoms with E-state index in [1.165, 1.54) is 5.57 Å². The summed E-state index contributed by atoms with van der Waals surface area (Å²) < 4.78 is 12.9. The lowest BCUT2D eigenvalue weighted by molar-refractivity contribution is -0.152. The van der Waals surface area contributed by atoms with Crippen molar-refractivity contribution in [2.24, 2.45) is 11.3 Å². The average molecular weight is 685 g/mol. The average Bonchev–Trinajstić information content (AvgIpc) is 3.28. The molecular formula is C33H54BrNO5SSi. The molecule has 0 spiro atoms. The molecule has 42 heavy (non-hydrogen) atoms. The first kappa shape index (κ1) is 38.6. The monoisotopic (exact) mass is 683 g/mol. The first-order valence-electron chi connectivity index (χ1n) is 15.0. The second kappa shape index (κ2) is 16.6. The molecule has 0 saturated heterocycles. The van der Waals surface area contributed by atoms with E-state index in [9.17, 15) is 14.4 Å². The second-order valence-electron chi connectivity index (χ2n) is 13.7. The van der Waals surface area contributed by atoms with E-state index in [1.807, 2.05) is 53.0 Å². The number of Topliss-reactive ketones (excluding diaryl/α,β-unsaturated/α-hetero) is 1. The number of thiazole rings is 1. The minimum Gasteiger partial charge on any atom is -0.457 e. The molecule has 6 nitrogen and oxygen atoms in total. The van der Waals surface area contributed by atoms with Crippen LogP contribution in [0.2, 0.25) is 18.1 Å². The Morgan fingerprint density at radius 1 is 1.14 bits per heavy atom. The number of ketones is 1. The van der Waals surface area contributed by atoms with Crippen LogP contribution in [0.5, 0.6) is 0 Å². The van der Waals surface area contributed by atoms with E-state index < -0.39 is 25.9 Å². The molecule has 0 N–H and O–H groups in total. The van der Waals surface area contributed by atoms with Crippen molar-refractivity contribution < 1.29 is 23.5 Å². The predicted molar refractivity (Wildman–Crippen MR) is 182 cm³/mol. The number of halogens is 1. The molecule has 0 radical (unpaired) electrons. The minimum atomic E-state index is -2.31. The SMILES string of the molecule is C/C(=C/CC(OC(=O)C[C@H](O[Si](C)(C)C(C)(C)C)C(C)(C)C(=O)C(C)Br)/C(C)=C/c1csc(C)n1)CCCC(C)C=O. The van der Waals surface area contributed by atoms with Gasteiger partial charge in [0.1, 0.15) is 12.4 Å². The van der Waals surface area contributed by atoms with Crippen molar-refractivity contribution >= 4 is 59.7 Å². The lowest BCUT2D eigenvalue weighted by atomic mass is 9.79. The van der Waals surface area contributed by atoms with Gasteiger partial charge in [-0.3, -0.25) is 9.59 Å². The number of alkyl halides is 1. The molecule has 0 aliphatic carbocycles. The van der Waals surface area contributed by atoms with Crippen molar-refractivity contribution in [1.82, 2.24) is 4.98 Å². The van der Waals surface area contributed by atoms with Gasteiger partial charge in [0.2, 0.25) is 0 Å². The van der Waals surface area contributed by atoms with Gasteiger partial charge in [-0.15, -0.1) is 11.3 Å². The number of hydrogen-bond donors (Lipinski definition) is 0. The molecule has 0 aliphatic heterocycles. The van der Waals surface area contributed by atoms with E-state index in [0.29, 0.717) is 6.42 Å². The molecule has 3 unspecified atom stereocenters. The van der Waals surface area contributed by atoms with Gasteiger partial charge in [0.25, 0.3) is 0 Å². The summed E-state index contributed by atoms with van der Waals surface area (Å²) in [4.78, 5) is 42.0. The van der Waals surface area contributed by atoms with Crippen LogP contribution in [-0.2, 0) is 23.5 Å². The molecule has 0 aromatic carbocycles. The number of esters is 1. The smallest absolute Gasteiger partial charge is 0.309 e. The van der Waals surface area contributed by atoms with E-state index in [4.69, 9.17) is 9.16 Å². The maximum Gasteiger partial charge on any atom is 0.309 e. The number of carbonyl (C=O) groups excluding carboxylic acids is 3. The topological polar surface area (TPSA) is 82.6 Å². The van der Waals surface area contributed by atoms with Crippen molar-refractivity contribution in [3.8, 4) is 0 Å². The van der Waals surface area contributed by atoms with Crippen molar-refractivity contribution in [3.63, 3.8) is 0 Å². The van der Waals surface area contributed by atoms with Crippen LogP contribution in [-0.4, -0.2) is 48.4 Å². The van der Waals surface area contributed by atoms with Crippen LogP contribution in [0.4, 0.5) is 0 Å². The molecule has 0 amide bonds. The van der Waals surface area contributed by atoms with Crippen molar-refractivity contribution in [2.75, 3.05) is 0 Å². The number of allylic oxidation sites excluding steroid dienone is 1. The van der Waals surface area contributed by atoms with Gasteiger partial charge in [-0.1, -0.05) is 69.1 Å². The van der Waals surface area contributed by atoms with Gasteiger partial charge in [-0.05, 0) is 76.7 Å². The van der Waals surface area contributed by atoms with Gasteiger partial charge < -0.3 is 14.0 Å². The van der Waals surface area contributed by atoms with Crippen molar-refractivity contribution in [3.05, 3.63) is 33.3 Å². The standard InChI is InChI=1S/C33H54BrNO5SSi/c1-22(14-13-15-23(2)20-36)16-17-28(24(3)18-27-21-41-26(5)35-27)39-30(37)19-29(33(9,10)31(38)25(4)34)40-42(11,12)32(6,7)8/h16,18,20-21,23,25,28-29H,13-15,17,19H2,1-12H3/b22-16-,24-18+/t23?,25?,28?,29-/m0/s1. The summed E-state index contributed by atoms with van der Waals surface area (Å²) >= 11 is 5.02. The Balaban J connectivity index is 3.28. The van der Waals surface area contributed by atoms with Crippen LogP contribution >= 0.6 is 27.3 Å². The zero-order valence-electron chi connectivity index (χ0n) is 27.9. The summed E-state index contributed by atoms with van der Waals surface area (Å²) in [6.45, 7) is 24.2. The highest BCUT2D eigenvalue weighted by atomic mass is 79.9. The Labute approximate surface area is 268 Å². The number of nitrogens with zero attached hydrogens (tertiary/aromatic N) is 1. The Kier molecular flexibility index (Phi) is 15.3. The van der Waals surface area contributed by atoms with Crippen LogP contribution in [0.15, 0.2) is 22.6 Å². The normalized spacial score (nSPS) is 16.5. The van der Waals surface area contributed by atoms with E-state index in [1.54, 1.807) is 11.3 Å². The van der Waals surface area contributed by atoms with Crippen LogP contribution in [0.1, 0.15) is 105 Å². The van der Waals surface area contributed by atoms with Gasteiger partial charge in [0.15, 0.2) is 14.1 Å². The number of aryl methyl sites for hydroxylation is 1. The molecule has 1 rings (SSSR count). The first-order valence-corrected chi connectivity index (χ1v) is 19.7. The Morgan fingerprint density at radius 3 is 2.26 bits per heavy atom. The highest BCUT2D eigenvalue weighted by Crippen LogP contribution is 2.41. The highest BCUT2D eigenvalue weighted by Gasteiger charge is 2.47. The van der Waals surface area contributed by atoms with Crippen LogP contribution in [0.3, 0.4) is 0 Å². The van der Waals surface area contributed by atoms with E-state index >= 15 is 0 Å². The second-order valence-corrected chi connectivity index (χ2v) is 20.9. The lowest BCUT2D eigenvalue weighted by Crippen LogP contribution is -2.51. The predicted octanol–water partition coefficient (Wildman–Crippen LogP) is 9.27. The van der Waals surface area contributed by atoms with Crippen LogP contribution in [0, 0.1) is 18.3 Å². The number of ether oxygens (including phenoxy) is 1. The maximum absolute atomic E-state index is 13.6. The fourth-order valence-electron chi connectivity index (χ4n) is 4.29. The van der Waals surface area contributed by atoms with Gasteiger partial charge >= 0.3 is 5.97 Å². The molecule has 0 saturated carbocycles. The number of rotatable bonds is 17. The third-order valence-electron chi connectivity index (χ3n) is 8.33. The maximum atomic E-state index is 13.6. The number of hydrogen-bond acceptors (Lipinski definition) is 7. The molecule has 9 heteroatoms. The highest BCUT2D eigenvalue weighted by molar-refractivity contribution is 9.10. The van der Waals surface area contributed by atoms with E-state index in [0.717, 1.165) is 41.8 Å². The lowest BCUT2D eigenvalue weighted by Gasteiger charge is -2.43. The molecule has 0 bridgehead atoms. The molecule has 0 aliphatic rings. The molecule has 4 atom stereocenters. The van der Waals surface area contributed by atoms with E-state index in [2.05, 4.69) is 67.8 Å². The summed E-state index contributed by atoms with van der Waals surface area (Å²) in [6.07, 6.45) is 7.17. The zero-order chi connectivity index (χ0) is 32.5. The van der Waals surface area contributed by atoms with Gasteiger partial charge in [-0.25, -0.2) is 4.98 Å². The zero-order valence-corrected chi connectivity index (χ0v) is 31.3. The molecule has 0 fully saturated rings. The van der Waals surface area contributed by atoms with Gasteiger partial charge in [0.05, 0.1) is 28.1 Å². The van der Waals surface area contributed by atoms with Gasteiger partial charge in [0, 0.05) is 23.1 Å². The summed E-state index contributed by atoms with van der Waals surface area (Å²) in [7, 11) is -2.31. The van der Waals surface area contributed by atoms with Crippen molar-refractivity contribution in [1.29, 1.82) is 0 Å². The Bertz CT molecular complexity index is 1120.